The van der Waals surface area contributed by atoms with Gasteiger partial charge in [0.2, 0.25) is 5.82 Å². The van der Waals surface area contributed by atoms with Crippen LogP contribution < -0.4 is 0 Å². The summed E-state index contributed by atoms with van der Waals surface area (Å²) in [6.07, 6.45) is 0. The average Bonchev–Trinajstić information content (AvgIpc) is 3.27. The third kappa shape index (κ3) is 3.04. The van der Waals surface area contributed by atoms with Crippen molar-refractivity contribution in [3.8, 4) is 0 Å². The number of fused-ring (bicyclic) bond motifs is 1. The fourth-order valence-electron chi connectivity index (χ4n) is 2.92. The van der Waals surface area contributed by atoms with Crippen LogP contribution in [0.2, 0.25) is 10.0 Å². The molecular weight excluding hydrogens is 397 g/mol. The lowest BCUT2D eigenvalue weighted by atomic mass is 10.1. The second kappa shape index (κ2) is 6.54. The van der Waals surface area contributed by atoms with Crippen molar-refractivity contribution >= 4 is 34.1 Å². The van der Waals surface area contributed by atoms with Crippen molar-refractivity contribution in [3.05, 3.63) is 69.1 Å². The smallest absolute Gasteiger partial charge is 0.260 e. The summed E-state index contributed by atoms with van der Waals surface area (Å²) in [6.45, 7) is 2.06. The summed E-state index contributed by atoms with van der Waals surface area (Å²) in [5.41, 5.74) is 1.67. The van der Waals surface area contributed by atoms with Gasteiger partial charge < -0.3 is 0 Å². The molecule has 4 aromatic rings. The topological polar surface area (TPSA) is 72.3 Å². The number of rotatable bonds is 4. The molecule has 27 heavy (non-hydrogen) atoms. The molecule has 0 atom stereocenters. The highest BCUT2D eigenvalue weighted by Gasteiger charge is 2.38. The number of aromatic amines is 1. The van der Waals surface area contributed by atoms with Crippen LogP contribution in [0.3, 0.4) is 0 Å². The van der Waals surface area contributed by atoms with E-state index in [1.54, 1.807) is 28.9 Å². The van der Waals surface area contributed by atoms with E-state index in [4.69, 9.17) is 23.2 Å². The van der Waals surface area contributed by atoms with Gasteiger partial charge in [0, 0.05) is 26.6 Å². The molecule has 0 spiro atoms. The zero-order chi connectivity index (χ0) is 19.2. The molecule has 2 aromatic heterocycles. The van der Waals surface area contributed by atoms with Crippen molar-refractivity contribution in [3.63, 3.8) is 0 Å². The molecule has 0 unspecified atom stereocenters. The molecule has 6 nitrogen and oxygen atoms in total. The number of benzene rings is 2. The first-order chi connectivity index (χ1) is 12.9. The van der Waals surface area contributed by atoms with E-state index in [9.17, 15) is 8.78 Å². The lowest BCUT2D eigenvalue weighted by molar-refractivity contribution is 0.0330. The first-order valence-corrected chi connectivity index (χ1v) is 8.66. The number of nitrogens with one attached hydrogen (secondary N) is 1. The van der Waals surface area contributed by atoms with Gasteiger partial charge in [-0.1, -0.05) is 41.4 Å². The maximum absolute atomic E-state index is 14.7. The summed E-state index contributed by atoms with van der Waals surface area (Å²) in [5, 5.41) is 18.1. The summed E-state index contributed by atoms with van der Waals surface area (Å²) in [7, 11) is 0. The minimum Gasteiger partial charge on any atom is -0.260 e. The number of halogens is 4. The molecule has 1 N–H and O–H groups in total. The van der Waals surface area contributed by atoms with Crippen molar-refractivity contribution in [1.29, 1.82) is 0 Å². The highest BCUT2D eigenvalue weighted by atomic mass is 35.5. The van der Waals surface area contributed by atoms with Gasteiger partial charge in [-0.2, -0.15) is 13.9 Å². The number of hydrogen-bond acceptors (Lipinski definition) is 4. The monoisotopic (exact) mass is 408 g/mol. The summed E-state index contributed by atoms with van der Waals surface area (Å²) in [5.74, 6) is -4.00. The fraction of sp³-hybridized carbons (Fsp3) is 0.176. The van der Waals surface area contributed by atoms with Gasteiger partial charge in [0.1, 0.15) is 0 Å². The molecule has 4 rings (SSSR count). The van der Waals surface area contributed by atoms with Crippen LogP contribution in [0.4, 0.5) is 8.78 Å². The molecule has 10 heteroatoms. The SMILES string of the molecule is Cc1nn(Cc2c(Cl)cccc2Cl)c2cc(C(F)(F)c3nnn[nH]3)ccc12. The van der Waals surface area contributed by atoms with Crippen LogP contribution in [0.15, 0.2) is 36.4 Å². The molecule has 0 amide bonds. The predicted molar refractivity (Wildman–Crippen MR) is 97.2 cm³/mol. The van der Waals surface area contributed by atoms with E-state index >= 15 is 0 Å². The minimum absolute atomic E-state index is 0.250. The van der Waals surface area contributed by atoms with Crippen LogP contribution in [0.5, 0.6) is 0 Å². The summed E-state index contributed by atoms with van der Waals surface area (Å²) >= 11 is 12.5. The Morgan fingerprint density at radius 2 is 1.89 bits per heavy atom. The number of H-pyrrole nitrogens is 1. The first-order valence-electron chi connectivity index (χ1n) is 7.90. The Morgan fingerprint density at radius 1 is 1.15 bits per heavy atom. The lowest BCUT2D eigenvalue weighted by Crippen LogP contribution is -2.17. The molecule has 0 fully saturated rings. The highest BCUT2D eigenvalue weighted by molar-refractivity contribution is 6.36. The summed E-state index contributed by atoms with van der Waals surface area (Å²) in [4.78, 5) is 0. The number of aryl methyl sites for hydroxylation is 1. The van der Waals surface area contributed by atoms with Crippen molar-refractivity contribution in [2.75, 3.05) is 0 Å². The second-order valence-corrected chi connectivity index (χ2v) is 6.81. The molecular formula is C17H12Cl2F2N6. The van der Waals surface area contributed by atoms with Crippen LogP contribution in [0, 0.1) is 6.92 Å². The normalized spacial score (nSPS) is 12.0. The lowest BCUT2D eigenvalue weighted by Gasteiger charge is -2.14. The Morgan fingerprint density at radius 3 is 2.56 bits per heavy atom. The quantitative estimate of drug-likeness (QED) is 0.544. The predicted octanol–water partition coefficient (Wildman–Crippen LogP) is 4.35. The van der Waals surface area contributed by atoms with Crippen molar-refractivity contribution in [1.82, 2.24) is 30.4 Å². The van der Waals surface area contributed by atoms with E-state index in [1.165, 1.54) is 12.1 Å². The standard InChI is InChI=1S/C17H12Cl2F2N6/c1-9-11-6-5-10(17(20,21)16-22-25-26-23-16)7-15(11)27(24-9)8-12-13(18)3-2-4-14(12)19/h2-7H,8H2,1H3,(H,22,23,25,26). The van der Waals surface area contributed by atoms with Crippen molar-refractivity contribution in [2.24, 2.45) is 0 Å². The van der Waals surface area contributed by atoms with Gasteiger partial charge in [0.05, 0.1) is 17.8 Å². The van der Waals surface area contributed by atoms with E-state index in [-0.39, 0.29) is 12.1 Å². The molecule has 138 valence electrons. The summed E-state index contributed by atoms with van der Waals surface area (Å²) in [6, 6.07) is 9.50. The summed E-state index contributed by atoms with van der Waals surface area (Å²) < 4.78 is 31.0. The molecule has 0 saturated heterocycles. The maximum Gasteiger partial charge on any atom is 0.333 e. The molecule has 0 aliphatic heterocycles. The van der Waals surface area contributed by atoms with E-state index in [0.717, 1.165) is 5.39 Å². The van der Waals surface area contributed by atoms with Crippen LogP contribution in [0.1, 0.15) is 22.6 Å². The largest absolute Gasteiger partial charge is 0.333 e. The van der Waals surface area contributed by atoms with Crippen molar-refractivity contribution < 1.29 is 8.78 Å². The number of nitrogens with zero attached hydrogens (tertiary/aromatic N) is 5. The molecule has 0 radical (unpaired) electrons. The van der Waals surface area contributed by atoms with Gasteiger partial charge >= 0.3 is 5.92 Å². The second-order valence-electron chi connectivity index (χ2n) is 6.00. The number of hydrogen-bond donors (Lipinski definition) is 1. The zero-order valence-corrected chi connectivity index (χ0v) is 15.4. The van der Waals surface area contributed by atoms with Gasteiger partial charge in [0.15, 0.2) is 0 Å². The molecule has 0 aliphatic carbocycles. The third-order valence-corrected chi connectivity index (χ3v) is 5.02. The van der Waals surface area contributed by atoms with E-state index in [2.05, 4.69) is 25.7 Å². The third-order valence-electron chi connectivity index (χ3n) is 4.31. The van der Waals surface area contributed by atoms with Crippen LogP contribution >= 0.6 is 23.2 Å². The van der Waals surface area contributed by atoms with E-state index in [1.807, 2.05) is 6.92 Å². The highest BCUT2D eigenvalue weighted by Crippen LogP contribution is 2.35. The Balaban J connectivity index is 1.83. The molecule has 2 heterocycles. The Labute approximate surface area is 162 Å². The molecule has 0 bridgehead atoms. The van der Waals surface area contributed by atoms with Gasteiger partial charge in [-0.05, 0) is 35.5 Å². The van der Waals surface area contributed by atoms with Crippen LogP contribution in [0.25, 0.3) is 10.9 Å². The Kier molecular flexibility index (Phi) is 4.32. The zero-order valence-electron chi connectivity index (χ0n) is 13.9. The van der Waals surface area contributed by atoms with E-state index < -0.39 is 11.7 Å². The average molecular weight is 409 g/mol. The number of tetrazole rings is 1. The first kappa shape index (κ1) is 17.8. The fourth-order valence-corrected chi connectivity index (χ4v) is 3.43. The van der Waals surface area contributed by atoms with Crippen molar-refractivity contribution in [2.45, 2.75) is 19.4 Å². The minimum atomic E-state index is -3.37. The molecule has 2 aromatic carbocycles. The van der Waals surface area contributed by atoms with Gasteiger partial charge in [-0.25, -0.2) is 5.10 Å². The van der Waals surface area contributed by atoms with Gasteiger partial charge in [-0.15, -0.1) is 5.10 Å². The molecule has 0 saturated carbocycles. The van der Waals surface area contributed by atoms with Crippen LogP contribution in [-0.4, -0.2) is 30.4 Å². The van der Waals surface area contributed by atoms with Gasteiger partial charge in [-0.3, -0.25) is 4.68 Å². The van der Waals surface area contributed by atoms with E-state index in [0.29, 0.717) is 26.8 Å². The van der Waals surface area contributed by atoms with Gasteiger partial charge in [0.25, 0.3) is 0 Å². The Hall–Kier alpha value is -2.58. The Bertz CT molecular complexity index is 1100. The van der Waals surface area contributed by atoms with Crippen LogP contribution in [-0.2, 0) is 12.5 Å². The maximum atomic E-state index is 14.7. The number of aromatic nitrogens is 6. The molecule has 0 aliphatic rings. The number of alkyl halides is 2.